The van der Waals surface area contributed by atoms with Crippen molar-refractivity contribution in [3.05, 3.63) is 87.4 Å². The van der Waals surface area contributed by atoms with Crippen molar-refractivity contribution in [3.63, 3.8) is 0 Å². The number of carbonyl (C=O) groups is 2. The van der Waals surface area contributed by atoms with Gasteiger partial charge in [-0.15, -0.1) is 11.3 Å². The fourth-order valence-electron chi connectivity index (χ4n) is 4.75. The van der Waals surface area contributed by atoms with Gasteiger partial charge in [-0.3, -0.25) is 4.79 Å². The molecule has 7 heteroatoms. The third kappa shape index (κ3) is 4.12. The molecule has 1 aliphatic rings. The van der Waals surface area contributed by atoms with Crippen molar-refractivity contribution in [2.45, 2.75) is 32.2 Å². The van der Waals surface area contributed by atoms with Crippen LogP contribution in [0.3, 0.4) is 0 Å². The normalized spacial score (nSPS) is 22.1. The van der Waals surface area contributed by atoms with Gasteiger partial charge >= 0.3 is 11.9 Å². The van der Waals surface area contributed by atoms with Gasteiger partial charge in [-0.05, 0) is 26.3 Å². The van der Waals surface area contributed by atoms with Crippen molar-refractivity contribution in [1.29, 1.82) is 0 Å². The van der Waals surface area contributed by atoms with Crippen molar-refractivity contribution in [3.8, 4) is 11.3 Å². The molecule has 2 aromatic carbocycles. The van der Waals surface area contributed by atoms with Crippen molar-refractivity contribution >= 4 is 23.3 Å². The molecule has 0 saturated carbocycles. The lowest BCUT2D eigenvalue weighted by molar-refractivity contribution is -0.150. The van der Waals surface area contributed by atoms with Gasteiger partial charge in [0.25, 0.3) is 0 Å². The fraction of sp³-hybridized carbons (Fsp3) is 0.296. The second kappa shape index (κ2) is 9.43. The second-order valence-electron chi connectivity index (χ2n) is 8.64. The molecule has 176 valence electrons. The molecule has 3 aromatic rings. The van der Waals surface area contributed by atoms with E-state index < -0.39 is 29.3 Å². The number of hydrogen-bond acceptors (Lipinski definition) is 7. The van der Waals surface area contributed by atoms with Crippen molar-refractivity contribution in [2.75, 3.05) is 14.2 Å². The van der Waals surface area contributed by atoms with Crippen LogP contribution in [-0.2, 0) is 24.6 Å². The van der Waals surface area contributed by atoms with Gasteiger partial charge in [-0.1, -0.05) is 60.2 Å². The third-order valence-electron chi connectivity index (χ3n) is 6.49. The van der Waals surface area contributed by atoms with E-state index in [4.69, 9.17) is 14.5 Å². The summed E-state index contributed by atoms with van der Waals surface area (Å²) in [6.07, 6.45) is 0. The number of hydrogen-bond donors (Lipinski definition) is 1. The molecule has 3 atom stereocenters. The summed E-state index contributed by atoms with van der Waals surface area (Å²) in [4.78, 5) is 31.2. The highest BCUT2D eigenvalue weighted by atomic mass is 32.1. The number of nitrogens with one attached hydrogen (secondary N) is 1. The molecular weight excluding hydrogens is 448 g/mol. The minimum Gasteiger partial charge on any atom is -0.469 e. The Hall–Kier alpha value is -3.45. The smallest absolute Gasteiger partial charge is 0.336 e. The summed E-state index contributed by atoms with van der Waals surface area (Å²) >= 11 is 1.43. The molecule has 1 N–H and O–H groups in total. The Morgan fingerprint density at radius 3 is 2.29 bits per heavy atom. The number of esters is 2. The average molecular weight is 477 g/mol. The summed E-state index contributed by atoms with van der Waals surface area (Å²) in [6.45, 7) is 5.83. The van der Waals surface area contributed by atoms with Gasteiger partial charge in [0, 0.05) is 16.6 Å². The standard InChI is InChI=1S/C27H28N2O4S/c1-16-11-13-18(14-12-16)20-15-34-24(28-20)22-21(25(30)32-4)17(2)29-27(3,23(22)26(31)33-5)19-9-7-6-8-10-19/h6-15,22-23,29H,1-5H3. The number of benzene rings is 2. The van der Waals surface area contributed by atoms with Crippen LogP contribution in [0, 0.1) is 12.8 Å². The molecule has 0 radical (unpaired) electrons. The zero-order valence-corrected chi connectivity index (χ0v) is 20.7. The molecule has 1 aliphatic heterocycles. The van der Waals surface area contributed by atoms with Gasteiger partial charge in [-0.2, -0.15) is 0 Å². The van der Waals surface area contributed by atoms with Gasteiger partial charge in [0.2, 0.25) is 0 Å². The predicted octanol–water partition coefficient (Wildman–Crippen LogP) is 4.96. The third-order valence-corrected chi connectivity index (χ3v) is 7.41. The maximum Gasteiger partial charge on any atom is 0.336 e. The number of rotatable bonds is 5. The minimum absolute atomic E-state index is 0.385. The van der Waals surface area contributed by atoms with E-state index in [1.165, 1.54) is 25.6 Å². The number of aromatic nitrogens is 1. The maximum atomic E-state index is 13.4. The molecule has 0 saturated heterocycles. The number of nitrogens with zero attached hydrogens (tertiary/aromatic N) is 1. The van der Waals surface area contributed by atoms with E-state index in [0.717, 1.165) is 22.4 Å². The molecule has 1 aromatic heterocycles. The van der Waals surface area contributed by atoms with E-state index in [1.54, 1.807) is 0 Å². The summed E-state index contributed by atoms with van der Waals surface area (Å²) in [7, 11) is 2.71. The number of ether oxygens (including phenoxy) is 2. The molecule has 0 amide bonds. The van der Waals surface area contributed by atoms with E-state index in [-0.39, 0.29) is 0 Å². The summed E-state index contributed by atoms with van der Waals surface area (Å²) in [6, 6.07) is 17.8. The summed E-state index contributed by atoms with van der Waals surface area (Å²) in [5.74, 6) is -2.32. The van der Waals surface area contributed by atoms with Crippen LogP contribution in [0.15, 0.2) is 71.2 Å². The average Bonchev–Trinajstić information content (AvgIpc) is 3.33. The molecule has 3 unspecified atom stereocenters. The lowest BCUT2D eigenvalue weighted by Gasteiger charge is -2.46. The Morgan fingerprint density at radius 2 is 1.68 bits per heavy atom. The minimum atomic E-state index is -0.837. The van der Waals surface area contributed by atoms with Crippen molar-refractivity contribution < 1.29 is 19.1 Å². The Bertz CT molecular complexity index is 1230. The quantitative estimate of drug-likeness (QED) is 0.525. The van der Waals surface area contributed by atoms with E-state index in [0.29, 0.717) is 16.3 Å². The highest BCUT2D eigenvalue weighted by molar-refractivity contribution is 7.10. The highest BCUT2D eigenvalue weighted by Crippen LogP contribution is 2.49. The predicted molar refractivity (Wildman–Crippen MR) is 132 cm³/mol. The highest BCUT2D eigenvalue weighted by Gasteiger charge is 2.53. The fourth-order valence-corrected chi connectivity index (χ4v) is 5.72. The molecule has 4 rings (SSSR count). The number of carbonyl (C=O) groups excluding carboxylic acids is 2. The largest absolute Gasteiger partial charge is 0.469 e. The van der Waals surface area contributed by atoms with Crippen molar-refractivity contribution in [1.82, 2.24) is 10.3 Å². The summed E-state index contributed by atoms with van der Waals surface area (Å²) < 4.78 is 10.4. The molecule has 0 spiro atoms. The summed E-state index contributed by atoms with van der Waals surface area (Å²) in [5.41, 5.74) is 4.04. The molecule has 6 nitrogen and oxygen atoms in total. The van der Waals surface area contributed by atoms with Gasteiger partial charge in [-0.25, -0.2) is 9.78 Å². The van der Waals surface area contributed by atoms with E-state index >= 15 is 0 Å². The first-order valence-electron chi connectivity index (χ1n) is 11.0. The van der Waals surface area contributed by atoms with Gasteiger partial charge in [0.05, 0.1) is 42.9 Å². The molecule has 0 fully saturated rings. The molecule has 34 heavy (non-hydrogen) atoms. The van der Waals surface area contributed by atoms with Crippen LogP contribution in [0.25, 0.3) is 11.3 Å². The van der Waals surface area contributed by atoms with Crippen LogP contribution in [0.2, 0.25) is 0 Å². The van der Waals surface area contributed by atoms with E-state index in [9.17, 15) is 9.59 Å². The van der Waals surface area contributed by atoms with Gasteiger partial charge < -0.3 is 14.8 Å². The topological polar surface area (TPSA) is 77.5 Å². The van der Waals surface area contributed by atoms with Crippen LogP contribution in [0.5, 0.6) is 0 Å². The maximum absolute atomic E-state index is 13.4. The van der Waals surface area contributed by atoms with E-state index in [2.05, 4.69) is 5.32 Å². The Balaban J connectivity index is 1.92. The second-order valence-corrected chi connectivity index (χ2v) is 9.53. The van der Waals surface area contributed by atoms with E-state index in [1.807, 2.05) is 80.7 Å². The van der Waals surface area contributed by atoms with Crippen molar-refractivity contribution in [2.24, 2.45) is 5.92 Å². The molecule has 0 aliphatic carbocycles. The Labute approximate surface area is 203 Å². The van der Waals surface area contributed by atoms with Gasteiger partial charge in [0.1, 0.15) is 5.01 Å². The Kier molecular flexibility index (Phi) is 6.57. The van der Waals surface area contributed by atoms with Crippen LogP contribution in [0.1, 0.15) is 35.9 Å². The number of allylic oxidation sites excluding steroid dienone is 1. The first-order valence-corrected chi connectivity index (χ1v) is 11.9. The molecule has 2 heterocycles. The lowest BCUT2D eigenvalue weighted by Crippen LogP contribution is -2.55. The first-order chi connectivity index (χ1) is 16.3. The first kappa shape index (κ1) is 23.7. The van der Waals surface area contributed by atoms with Crippen LogP contribution in [-0.4, -0.2) is 31.1 Å². The zero-order valence-electron chi connectivity index (χ0n) is 19.9. The van der Waals surface area contributed by atoms with Crippen LogP contribution >= 0.6 is 11.3 Å². The van der Waals surface area contributed by atoms with Crippen LogP contribution in [0.4, 0.5) is 0 Å². The molecule has 0 bridgehead atoms. The molecular formula is C27H28N2O4S. The zero-order chi connectivity index (χ0) is 24.5. The number of aryl methyl sites for hydroxylation is 1. The monoisotopic (exact) mass is 476 g/mol. The Morgan fingerprint density at radius 1 is 1.00 bits per heavy atom. The number of methoxy groups -OCH3 is 2. The van der Waals surface area contributed by atoms with Gasteiger partial charge in [0.15, 0.2) is 0 Å². The SMILES string of the molecule is COC(=O)C1=C(C)NC(C)(c2ccccc2)C(C(=O)OC)C1c1nc(-c2ccc(C)cc2)cs1. The van der Waals surface area contributed by atoms with Crippen LogP contribution < -0.4 is 5.32 Å². The number of thiazole rings is 1. The lowest BCUT2D eigenvalue weighted by atomic mass is 9.67. The summed E-state index contributed by atoms with van der Waals surface area (Å²) in [5, 5.41) is 6.06.